The second-order valence-corrected chi connectivity index (χ2v) is 6.72. The van der Waals surface area contributed by atoms with Crippen LogP contribution in [0.5, 0.6) is 0 Å². The van der Waals surface area contributed by atoms with E-state index in [1.54, 1.807) is 0 Å². The van der Waals surface area contributed by atoms with Gasteiger partial charge in [0.2, 0.25) is 5.91 Å². The van der Waals surface area contributed by atoms with Crippen molar-refractivity contribution < 1.29 is 9.53 Å². The largest absolute Gasteiger partial charge is 0.378 e. The summed E-state index contributed by atoms with van der Waals surface area (Å²) in [7, 11) is 0. The lowest BCUT2D eigenvalue weighted by atomic mass is 9.90. The van der Waals surface area contributed by atoms with Crippen molar-refractivity contribution in [3.63, 3.8) is 0 Å². The van der Waals surface area contributed by atoms with Crippen LogP contribution >= 0.6 is 0 Å². The predicted molar refractivity (Wildman–Crippen MR) is 91.3 cm³/mol. The third-order valence-electron chi connectivity index (χ3n) is 5.08. The summed E-state index contributed by atoms with van der Waals surface area (Å²) in [5, 5.41) is 0. The molecule has 2 aliphatic heterocycles. The second kappa shape index (κ2) is 8.46. The SMILES string of the molecule is O=C(CCN1CCC(Cc2ccccc2)CC1)N1CCOCC1. The number of morpholine rings is 1. The van der Waals surface area contributed by atoms with Crippen LogP contribution in [0, 0.1) is 5.92 Å². The molecule has 0 N–H and O–H groups in total. The number of rotatable bonds is 5. The summed E-state index contributed by atoms with van der Waals surface area (Å²) in [5.41, 5.74) is 1.45. The van der Waals surface area contributed by atoms with E-state index in [9.17, 15) is 4.79 Å². The van der Waals surface area contributed by atoms with E-state index in [0.717, 1.165) is 38.6 Å². The Labute approximate surface area is 139 Å². The summed E-state index contributed by atoms with van der Waals surface area (Å²) in [4.78, 5) is 16.6. The Morgan fingerprint density at radius 1 is 1.04 bits per heavy atom. The normalized spacial score (nSPS) is 20.6. The van der Waals surface area contributed by atoms with E-state index in [2.05, 4.69) is 35.2 Å². The topological polar surface area (TPSA) is 32.8 Å². The molecular formula is C19H28N2O2. The third kappa shape index (κ3) is 5.05. The molecule has 2 fully saturated rings. The van der Waals surface area contributed by atoms with Crippen LogP contribution in [0.15, 0.2) is 30.3 Å². The third-order valence-corrected chi connectivity index (χ3v) is 5.08. The van der Waals surface area contributed by atoms with Gasteiger partial charge < -0.3 is 14.5 Å². The molecule has 2 heterocycles. The average Bonchev–Trinajstić information content (AvgIpc) is 2.62. The highest BCUT2D eigenvalue weighted by atomic mass is 16.5. The zero-order valence-corrected chi connectivity index (χ0v) is 14.0. The Morgan fingerprint density at radius 3 is 2.43 bits per heavy atom. The average molecular weight is 316 g/mol. The van der Waals surface area contributed by atoms with Gasteiger partial charge in [-0.3, -0.25) is 4.79 Å². The van der Waals surface area contributed by atoms with Crippen molar-refractivity contribution in [1.82, 2.24) is 9.80 Å². The quantitative estimate of drug-likeness (QED) is 0.835. The molecule has 0 atom stereocenters. The number of hydrogen-bond acceptors (Lipinski definition) is 3. The smallest absolute Gasteiger partial charge is 0.224 e. The first-order valence-electron chi connectivity index (χ1n) is 8.93. The maximum absolute atomic E-state index is 12.2. The predicted octanol–water partition coefficient (Wildman–Crippen LogP) is 2.19. The number of ether oxygens (including phenoxy) is 1. The van der Waals surface area contributed by atoms with Crippen molar-refractivity contribution in [3.05, 3.63) is 35.9 Å². The molecule has 3 rings (SSSR count). The molecule has 0 saturated carbocycles. The molecular weight excluding hydrogens is 288 g/mol. The fourth-order valence-corrected chi connectivity index (χ4v) is 3.59. The zero-order valence-electron chi connectivity index (χ0n) is 14.0. The number of carbonyl (C=O) groups is 1. The summed E-state index contributed by atoms with van der Waals surface area (Å²) in [6.45, 7) is 6.08. The molecule has 0 bridgehead atoms. The number of piperidine rings is 1. The van der Waals surface area contributed by atoms with Crippen molar-refractivity contribution in [3.8, 4) is 0 Å². The lowest BCUT2D eigenvalue weighted by Crippen LogP contribution is -2.43. The molecule has 2 aliphatic rings. The van der Waals surface area contributed by atoms with Gasteiger partial charge in [0.25, 0.3) is 0 Å². The van der Waals surface area contributed by atoms with Crippen LogP contribution in [0.3, 0.4) is 0 Å². The van der Waals surface area contributed by atoms with Gasteiger partial charge in [0.1, 0.15) is 0 Å². The van der Waals surface area contributed by atoms with Gasteiger partial charge >= 0.3 is 0 Å². The highest BCUT2D eigenvalue weighted by Crippen LogP contribution is 2.21. The maximum atomic E-state index is 12.2. The first-order chi connectivity index (χ1) is 11.3. The van der Waals surface area contributed by atoms with Crippen LogP contribution in [-0.2, 0) is 16.0 Å². The summed E-state index contributed by atoms with van der Waals surface area (Å²) in [6, 6.07) is 10.8. The lowest BCUT2D eigenvalue weighted by molar-refractivity contribution is -0.135. The van der Waals surface area contributed by atoms with Crippen molar-refractivity contribution >= 4 is 5.91 Å². The van der Waals surface area contributed by atoms with Crippen LogP contribution < -0.4 is 0 Å². The molecule has 0 unspecified atom stereocenters. The van der Waals surface area contributed by atoms with Gasteiger partial charge in [-0.15, -0.1) is 0 Å². The van der Waals surface area contributed by atoms with Crippen molar-refractivity contribution in [1.29, 1.82) is 0 Å². The molecule has 1 amide bonds. The number of hydrogen-bond donors (Lipinski definition) is 0. The standard InChI is InChI=1S/C19H28N2O2/c22-19(21-12-14-23-15-13-21)8-11-20-9-6-18(7-10-20)16-17-4-2-1-3-5-17/h1-5,18H,6-16H2. The van der Waals surface area contributed by atoms with Gasteiger partial charge in [0, 0.05) is 26.1 Å². The minimum Gasteiger partial charge on any atom is -0.378 e. The Hall–Kier alpha value is -1.39. The molecule has 1 aromatic carbocycles. The van der Waals surface area contributed by atoms with Crippen molar-refractivity contribution in [2.24, 2.45) is 5.92 Å². The molecule has 23 heavy (non-hydrogen) atoms. The number of likely N-dealkylation sites (tertiary alicyclic amines) is 1. The number of nitrogens with zero attached hydrogens (tertiary/aromatic N) is 2. The van der Waals surface area contributed by atoms with E-state index in [1.807, 2.05) is 4.90 Å². The Kier molecular flexibility index (Phi) is 6.06. The molecule has 4 heteroatoms. The molecule has 0 spiro atoms. The number of carbonyl (C=O) groups excluding carboxylic acids is 1. The van der Waals surface area contributed by atoms with Gasteiger partial charge in [-0.2, -0.15) is 0 Å². The molecule has 1 aromatic rings. The highest BCUT2D eigenvalue weighted by Gasteiger charge is 2.21. The van der Waals surface area contributed by atoms with Gasteiger partial charge in [-0.05, 0) is 43.8 Å². The van der Waals surface area contributed by atoms with Crippen molar-refractivity contribution in [2.75, 3.05) is 45.9 Å². The Balaban J connectivity index is 1.35. The highest BCUT2D eigenvalue weighted by molar-refractivity contribution is 5.76. The van der Waals surface area contributed by atoms with E-state index in [0.29, 0.717) is 25.5 Å². The monoisotopic (exact) mass is 316 g/mol. The van der Waals surface area contributed by atoms with Crippen LogP contribution in [0.2, 0.25) is 0 Å². The van der Waals surface area contributed by atoms with E-state index >= 15 is 0 Å². The van der Waals surface area contributed by atoms with E-state index < -0.39 is 0 Å². The summed E-state index contributed by atoms with van der Waals surface area (Å²) in [5.74, 6) is 1.09. The van der Waals surface area contributed by atoms with Crippen molar-refractivity contribution in [2.45, 2.75) is 25.7 Å². The van der Waals surface area contributed by atoms with Crippen LogP contribution in [0.4, 0.5) is 0 Å². The lowest BCUT2D eigenvalue weighted by Gasteiger charge is -2.33. The van der Waals surface area contributed by atoms with Crippen LogP contribution in [0.25, 0.3) is 0 Å². The fraction of sp³-hybridized carbons (Fsp3) is 0.632. The van der Waals surface area contributed by atoms with E-state index in [4.69, 9.17) is 4.74 Å². The zero-order chi connectivity index (χ0) is 15.9. The first-order valence-corrected chi connectivity index (χ1v) is 8.93. The second-order valence-electron chi connectivity index (χ2n) is 6.72. The van der Waals surface area contributed by atoms with Gasteiger partial charge in [0.05, 0.1) is 13.2 Å². The van der Waals surface area contributed by atoms with Gasteiger partial charge in [-0.1, -0.05) is 30.3 Å². The van der Waals surface area contributed by atoms with Gasteiger partial charge in [-0.25, -0.2) is 0 Å². The summed E-state index contributed by atoms with van der Waals surface area (Å²) >= 11 is 0. The van der Waals surface area contributed by atoms with E-state index in [-0.39, 0.29) is 0 Å². The number of amides is 1. The molecule has 4 nitrogen and oxygen atoms in total. The first kappa shape index (κ1) is 16.5. The van der Waals surface area contributed by atoms with Gasteiger partial charge in [0.15, 0.2) is 0 Å². The summed E-state index contributed by atoms with van der Waals surface area (Å²) in [6.07, 6.45) is 4.35. The molecule has 0 aromatic heterocycles. The van der Waals surface area contributed by atoms with E-state index in [1.165, 1.54) is 24.8 Å². The van der Waals surface area contributed by atoms with Crippen LogP contribution in [0.1, 0.15) is 24.8 Å². The molecule has 126 valence electrons. The Morgan fingerprint density at radius 2 is 1.74 bits per heavy atom. The number of benzene rings is 1. The summed E-state index contributed by atoms with van der Waals surface area (Å²) < 4.78 is 5.30. The minimum atomic E-state index is 0.291. The Bertz CT molecular complexity index is 477. The minimum absolute atomic E-state index is 0.291. The molecule has 0 radical (unpaired) electrons. The fourth-order valence-electron chi connectivity index (χ4n) is 3.59. The maximum Gasteiger partial charge on any atom is 0.224 e. The molecule has 2 saturated heterocycles. The van der Waals surface area contributed by atoms with Crippen LogP contribution in [-0.4, -0.2) is 61.6 Å². The molecule has 0 aliphatic carbocycles.